The molecule has 0 bridgehead atoms. The largest absolute Gasteiger partial charge is 0.756 e. The van der Waals surface area contributed by atoms with E-state index in [4.69, 9.17) is 18.5 Å². The summed E-state index contributed by atoms with van der Waals surface area (Å²) in [6.07, 6.45) is 39.2. The third-order valence-electron chi connectivity index (χ3n) is 9.47. The van der Waals surface area contributed by atoms with Crippen LogP contribution >= 0.6 is 7.82 Å². The van der Waals surface area contributed by atoms with Crippen LogP contribution in [0.2, 0.25) is 0 Å². The molecule has 0 aromatic rings. The van der Waals surface area contributed by atoms with Gasteiger partial charge in [-0.15, -0.1) is 0 Å². The van der Waals surface area contributed by atoms with Crippen molar-refractivity contribution in [2.24, 2.45) is 0 Å². The van der Waals surface area contributed by atoms with Gasteiger partial charge in [-0.05, 0) is 51.4 Å². The number of nitrogens with zero attached hydrogens (tertiary/aromatic N) is 1. The molecular formula is C44H84NO8P. The van der Waals surface area contributed by atoms with E-state index in [2.05, 4.69) is 38.2 Å². The van der Waals surface area contributed by atoms with Crippen LogP contribution in [0.3, 0.4) is 0 Å². The van der Waals surface area contributed by atoms with Gasteiger partial charge in [0.25, 0.3) is 7.82 Å². The second-order valence-electron chi connectivity index (χ2n) is 16.0. The van der Waals surface area contributed by atoms with Crippen molar-refractivity contribution in [3.63, 3.8) is 0 Å². The van der Waals surface area contributed by atoms with Gasteiger partial charge in [-0.2, -0.15) is 0 Å². The molecule has 0 saturated heterocycles. The molecule has 0 saturated carbocycles. The molecule has 0 amide bonds. The van der Waals surface area contributed by atoms with E-state index in [0.29, 0.717) is 17.4 Å². The molecule has 0 aromatic carbocycles. The van der Waals surface area contributed by atoms with Gasteiger partial charge in [0.05, 0.1) is 27.7 Å². The summed E-state index contributed by atoms with van der Waals surface area (Å²) < 4.78 is 33.9. The Labute approximate surface area is 332 Å². The minimum absolute atomic E-state index is 0.0294. The summed E-state index contributed by atoms with van der Waals surface area (Å²) in [5.74, 6) is -0.832. The number of quaternary nitrogens is 1. The van der Waals surface area contributed by atoms with E-state index in [-0.39, 0.29) is 32.0 Å². The smallest absolute Gasteiger partial charge is 0.306 e. The Morgan fingerprint density at radius 3 is 1.35 bits per heavy atom. The Morgan fingerprint density at radius 2 is 0.944 bits per heavy atom. The molecule has 9 nitrogen and oxygen atoms in total. The first-order valence-electron chi connectivity index (χ1n) is 22.0. The van der Waals surface area contributed by atoms with Gasteiger partial charge in [-0.25, -0.2) is 0 Å². The maximum atomic E-state index is 12.7. The maximum absolute atomic E-state index is 12.7. The molecule has 54 heavy (non-hydrogen) atoms. The third-order valence-corrected chi connectivity index (χ3v) is 10.4. The molecule has 0 aliphatic heterocycles. The van der Waals surface area contributed by atoms with E-state index in [9.17, 15) is 19.0 Å². The Bertz CT molecular complexity index is 980. The lowest BCUT2D eigenvalue weighted by molar-refractivity contribution is -0.870. The zero-order chi connectivity index (χ0) is 40.0. The van der Waals surface area contributed by atoms with Crippen LogP contribution in [0, 0.1) is 0 Å². The topological polar surface area (TPSA) is 111 Å². The number of phosphoric ester groups is 1. The zero-order valence-electron chi connectivity index (χ0n) is 35.7. The molecule has 0 spiro atoms. The van der Waals surface area contributed by atoms with E-state index in [0.717, 1.165) is 51.4 Å². The highest BCUT2D eigenvalue weighted by Crippen LogP contribution is 2.38. The number of phosphoric acid groups is 1. The molecule has 0 aliphatic rings. The highest BCUT2D eigenvalue weighted by molar-refractivity contribution is 7.45. The molecule has 0 aliphatic carbocycles. The first-order chi connectivity index (χ1) is 26.0. The fourth-order valence-electron chi connectivity index (χ4n) is 6.07. The predicted octanol–water partition coefficient (Wildman–Crippen LogP) is 11.7. The first-order valence-corrected chi connectivity index (χ1v) is 23.5. The summed E-state index contributed by atoms with van der Waals surface area (Å²) in [5, 5.41) is 0. The summed E-state index contributed by atoms with van der Waals surface area (Å²) in [5.41, 5.74) is 0. The van der Waals surface area contributed by atoms with Crippen LogP contribution in [0.4, 0.5) is 0 Å². The van der Waals surface area contributed by atoms with Gasteiger partial charge in [0.15, 0.2) is 6.10 Å². The fourth-order valence-corrected chi connectivity index (χ4v) is 6.80. The van der Waals surface area contributed by atoms with E-state index < -0.39 is 26.5 Å². The summed E-state index contributed by atoms with van der Waals surface area (Å²) in [6.45, 7) is 4.07. The molecule has 0 radical (unpaired) electrons. The number of esters is 2. The first kappa shape index (κ1) is 52.5. The number of carbonyl (C=O) groups excluding carboxylic acids is 2. The van der Waals surface area contributed by atoms with E-state index in [1.807, 2.05) is 21.1 Å². The predicted molar refractivity (Wildman–Crippen MR) is 222 cm³/mol. The number of ether oxygens (including phenoxy) is 2. The van der Waals surface area contributed by atoms with Gasteiger partial charge in [0, 0.05) is 12.8 Å². The Kier molecular flexibility index (Phi) is 36.1. The average molecular weight is 786 g/mol. The Morgan fingerprint density at radius 1 is 0.556 bits per heavy atom. The Hall–Kier alpha value is -1.51. The molecule has 2 unspecified atom stereocenters. The van der Waals surface area contributed by atoms with Crippen molar-refractivity contribution in [1.29, 1.82) is 0 Å². The fraction of sp³-hybridized carbons (Fsp3) is 0.864. The average Bonchev–Trinajstić information content (AvgIpc) is 3.12. The highest BCUT2D eigenvalue weighted by atomic mass is 31.2. The van der Waals surface area contributed by atoms with Gasteiger partial charge in [-0.1, -0.05) is 154 Å². The van der Waals surface area contributed by atoms with E-state index in [1.165, 1.54) is 109 Å². The molecule has 0 rings (SSSR count). The van der Waals surface area contributed by atoms with Crippen LogP contribution in [-0.2, 0) is 32.7 Å². The lowest BCUT2D eigenvalue weighted by atomic mass is 10.0. The quantitative estimate of drug-likeness (QED) is 0.0198. The van der Waals surface area contributed by atoms with Crippen LogP contribution in [0.5, 0.6) is 0 Å². The van der Waals surface area contributed by atoms with Crippen LogP contribution in [0.15, 0.2) is 24.3 Å². The number of hydrogen-bond acceptors (Lipinski definition) is 8. The molecular weight excluding hydrogens is 701 g/mol. The lowest BCUT2D eigenvalue weighted by Crippen LogP contribution is -2.37. The number of rotatable bonds is 40. The van der Waals surface area contributed by atoms with Gasteiger partial charge in [0.1, 0.15) is 19.8 Å². The van der Waals surface area contributed by atoms with Crippen LogP contribution in [-0.4, -0.2) is 70.0 Å². The molecule has 318 valence electrons. The third kappa shape index (κ3) is 40.2. The van der Waals surface area contributed by atoms with E-state index in [1.54, 1.807) is 0 Å². The summed E-state index contributed by atoms with van der Waals surface area (Å²) in [7, 11) is 1.17. The van der Waals surface area contributed by atoms with Crippen molar-refractivity contribution < 1.29 is 42.1 Å². The zero-order valence-corrected chi connectivity index (χ0v) is 36.6. The summed E-state index contributed by atoms with van der Waals surface area (Å²) in [4.78, 5) is 37.5. The molecule has 0 N–H and O–H groups in total. The maximum Gasteiger partial charge on any atom is 0.306 e. The normalized spacial score (nSPS) is 13.8. The van der Waals surface area contributed by atoms with Crippen molar-refractivity contribution in [2.45, 2.75) is 200 Å². The second-order valence-corrected chi connectivity index (χ2v) is 17.4. The summed E-state index contributed by atoms with van der Waals surface area (Å²) >= 11 is 0. The van der Waals surface area contributed by atoms with Gasteiger partial charge in [-0.3, -0.25) is 14.2 Å². The van der Waals surface area contributed by atoms with Gasteiger partial charge < -0.3 is 27.9 Å². The van der Waals surface area contributed by atoms with Crippen molar-refractivity contribution in [2.75, 3.05) is 47.5 Å². The molecule has 0 heterocycles. The van der Waals surface area contributed by atoms with Crippen molar-refractivity contribution in [1.82, 2.24) is 0 Å². The van der Waals surface area contributed by atoms with Crippen molar-refractivity contribution in [3.8, 4) is 0 Å². The SMILES string of the molecule is CC/C=C/CCCCCCCCCCCCCC(=O)OCC(COP(=O)([O-])OCC[N+](C)(C)C)OC(=O)CCCCCCCCCCCCC/C=C/CC. The van der Waals surface area contributed by atoms with Gasteiger partial charge >= 0.3 is 11.9 Å². The standard InChI is InChI=1S/C44H84NO8P/c1-6-8-10-12-14-16-18-20-22-24-26-28-30-32-34-36-43(46)50-40-42(41-52-54(48,49)51-39-38-45(3,4)5)53-44(47)37-35-33-31-29-27-25-23-21-19-17-15-13-11-9-7-2/h8-11,42H,6-7,12-41H2,1-5H3/b10-8+,11-9+. The monoisotopic (exact) mass is 786 g/mol. The second kappa shape index (κ2) is 37.1. The van der Waals surface area contributed by atoms with Crippen LogP contribution < -0.4 is 4.89 Å². The molecule has 10 heteroatoms. The van der Waals surface area contributed by atoms with Crippen LogP contribution in [0.1, 0.15) is 194 Å². The molecule has 2 atom stereocenters. The molecule has 0 aromatic heterocycles. The number of allylic oxidation sites excluding steroid dienone is 4. The minimum atomic E-state index is -4.62. The van der Waals surface area contributed by atoms with Crippen molar-refractivity contribution >= 4 is 19.8 Å². The van der Waals surface area contributed by atoms with E-state index >= 15 is 0 Å². The number of carbonyl (C=O) groups is 2. The number of hydrogen-bond donors (Lipinski definition) is 0. The highest BCUT2D eigenvalue weighted by Gasteiger charge is 2.21. The number of unbranched alkanes of at least 4 members (excludes halogenated alkanes) is 22. The van der Waals surface area contributed by atoms with Gasteiger partial charge in [0.2, 0.25) is 0 Å². The Balaban J connectivity index is 4.32. The number of likely N-dealkylation sites (N-methyl/N-ethyl adjacent to an activating group) is 1. The minimum Gasteiger partial charge on any atom is -0.756 e. The van der Waals surface area contributed by atoms with Crippen molar-refractivity contribution in [3.05, 3.63) is 24.3 Å². The summed E-state index contributed by atoms with van der Waals surface area (Å²) in [6, 6.07) is 0. The lowest BCUT2D eigenvalue weighted by Gasteiger charge is -2.28. The molecule has 0 fully saturated rings. The van der Waals surface area contributed by atoms with Crippen LogP contribution in [0.25, 0.3) is 0 Å².